The highest BCUT2D eigenvalue weighted by molar-refractivity contribution is 9.10. The first-order valence-electron chi connectivity index (χ1n) is 3.76. The Balaban J connectivity index is 0.000000561. The molecule has 0 fully saturated rings. The third-order valence-electron chi connectivity index (χ3n) is 1.20. The molecule has 0 aliphatic carbocycles. The standard InChI is InChI=1S/C7H6BrFO.C2H6/c1-4-2-5(8)3-6(10)7(4)9;1-2/h2-3,10H,1H3;1-2H3. The summed E-state index contributed by atoms with van der Waals surface area (Å²) in [6.07, 6.45) is 0. The van der Waals surface area contributed by atoms with Crippen molar-refractivity contribution < 1.29 is 9.50 Å². The normalized spacial score (nSPS) is 8.75. The van der Waals surface area contributed by atoms with Crippen molar-refractivity contribution in [3.63, 3.8) is 0 Å². The fourth-order valence-corrected chi connectivity index (χ4v) is 1.27. The van der Waals surface area contributed by atoms with Crippen LogP contribution >= 0.6 is 15.9 Å². The summed E-state index contributed by atoms with van der Waals surface area (Å²) in [5.41, 5.74) is 0.437. The molecule has 0 radical (unpaired) electrons. The van der Waals surface area contributed by atoms with E-state index in [2.05, 4.69) is 15.9 Å². The number of aryl methyl sites for hydroxylation is 1. The quantitative estimate of drug-likeness (QED) is 0.727. The van der Waals surface area contributed by atoms with Gasteiger partial charge in [-0.2, -0.15) is 0 Å². The largest absolute Gasteiger partial charge is 0.505 e. The minimum Gasteiger partial charge on any atom is -0.505 e. The van der Waals surface area contributed by atoms with E-state index in [0.29, 0.717) is 10.0 Å². The molecule has 0 saturated carbocycles. The topological polar surface area (TPSA) is 20.2 Å². The molecule has 0 amide bonds. The Hall–Kier alpha value is -0.570. The van der Waals surface area contributed by atoms with Crippen LogP contribution in [0.25, 0.3) is 0 Å². The summed E-state index contributed by atoms with van der Waals surface area (Å²) < 4.78 is 13.3. The second-order valence-electron chi connectivity index (χ2n) is 2.06. The van der Waals surface area contributed by atoms with Gasteiger partial charge >= 0.3 is 0 Å². The first-order chi connectivity index (χ1) is 5.61. The van der Waals surface area contributed by atoms with Crippen molar-refractivity contribution in [1.29, 1.82) is 0 Å². The van der Waals surface area contributed by atoms with Crippen LogP contribution in [0.3, 0.4) is 0 Å². The second kappa shape index (κ2) is 5.14. The summed E-state index contributed by atoms with van der Waals surface area (Å²) in [6, 6.07) is 2.93. The Morgan fingerprint density at radius 3 is 2.25 bits per heavy atom. The highest BCUT2D eigenvalue weighted by Crippen LogP contribution is 2.23. The number of benzene rings is 1. The van der Waals surface area contributed by atoms with Crippen LogP contribution in [-0.2, 0) is 0 Å². The summed E-state index contributed by atoms with van der Waals surface area (Å²) >= 11 is 3.12. The fraction of sp³-hybridized carbons (Fsp3) is 0.333. The molecular weight excluding hydrogens is 223 g/mol. The molecule has 0 aliphatic rings. The third kappa shape index (κ3) is 2.81. The van der Waals surface area contributed by atoms with E-state index in [1.165, 1.54) is 6.07 Å². The van der Waals surface area contributed by atoms with Gasteiger partial charge in [0, 0.05) is 4.47 Å². The van der Waals surface area contributed by atoms with E-state index in [0.717, 1.165) is 0 Å². The molecule has 1 N–H and O–H groups in total. The number of rotatable bonds is 0. The maximum Gasteiger partial charge on any atom is 0.167 e. The minimum atomic E-state index is -0.553. The molecule has 12 heavy (non-hydrogen) atoms. The first kappa shape index (κ1) is 11.4. The predicted molar refractivity (Wildman–Crippen MR) is 51.8 cm³/mol. The van der Waals surface area contributed by atoms with E-state index >= 15 is 0 Å². The van der Waals surface area contributed by atoms with Crippen molar-refractivity contribution in [2.45, 2.75) is 20.8 Å². The summed E-state index contributed by atoms with van der Waals surface area (Å²) in [7, 11) is 0. The molecule has 68 valence electrons. The van der Waals surface area contributed by atoms with Crippen LogP contribution in [-0.4, -0.2) is 5.11 Å². The van der Waals surface area contributed by atoms with Crippen molar-refractivity contribution in [3.05, 3.63) is 28.0 Å². The monoisotopic (exact) mass is 234 g/mol. The van der Waals surface area contributed by atoms with Gasteiger partial charge in [-0.25, -0.2) is 4.39 Å². The Bertz CT molecular complexity index is 238. The molecule has 0 unspecified atom stereocenters. The molecule has 0 atom stereocenters. The molecular formula is C9H12BrFO. The number of aromatic hydroxyl groups is 1. The van der Waals surface area contributed by atoms with E-state index < -0.39 is 5.82 Å². The van der Waals surface area contributed by atoms with Crippen LogP contribution in [0.15, 0.2) is 16.6 Å². The number of hydrogen-bond acceptors (Lipinski definition) is 1. The van der Waals surface area contributed by atoms with Gasteiger partial charge in [-0.3, -0.25) is 0 Å². The Labute approximate surface area is 80.4 Å². The molecule has 0 aromatic heterocycles. The lowest BCUT2D eigenvalue weighted by atomic mass is 10.2. The molecule has 1 aromatic rings. The minimum absolute atomic E-state index is 0.313. The molecule has 1 aromatic carbocycles. The fourth-order valence-electron chi connectivity index (χ4n) is 0.708. The predicted octanol–water partition coefficient (Wildman–Crippen LogP) is 3.63. The van der Waals surface area contributed by atoms with Gasteiger partial charge in [-0.1, -0.05) is 29.8 Å². The number of hydrogen-bond donors (Lipinski definition) is 1. The van der Waals surface area contributed by atoms with Crippen molar-refractivity contribution in [3.8, 4) is 5.75 Å². The molecule has 0 heterocycles. The average Bonchev–Trinajstić information content (AvgIpc) is 2.04. The SMILES string of the molecule is CC.Cc1cc(Br)cc(O)c1F. The van der Waals surface area contributed by atoms with Crippen molar-refractivity contribution in [2.75, 3.05) is 0 Å². The lowest BCUT2D eigenvalue weighted by Crippen LogP contribution is -1.81. The van der Waals surface area contributed by atoms with Crippen molar-refractivity contribution in [2.24, 2.45) is 0 Å². The highest BCUT2D eigenvalue weighted by atomic mass is 79.9. The van der Waals surface area contributed by atoms with Crippen LogP contribution in [0.5, 0.6) is 5.75 Å². The van der Waals surface area contributed by atoms with Gasteiger partial charge in [0.15, 0.2) is 11.6 Å². The molecule has 1 rings (SSSR count). The van der Waals surface area contributed by atoms with Crippen LogP contribution in [0.2, 0.25) is 0 Å². The first-order valence-corrected chi connectivity index (χ1v) is 4.55. The van der Waals surface area contributed by atoms with E-state index in [9.17, 15) is 4.39 Å². The maximum absolute atomic E-state index is 12.6. The van der Waals surface area contributed by atoms with Crippen LogP contribution in [0.4, 0.5) is 4.39 Å². The summed E-state index contributed by atoms with van der Waals surface area (Å²) in [5.74, 6) is -0.866. The zero-order chi connectivity index (χ0) is 9.72. The molecule has 0 aliphatic heterocycles. The van der Waals surface area contributed by atoms with Gasteiger partial charge in [-0.05, 0) is 24.6 Å². The van der Waals surface area contributed by atoms with Gasteiger partial charge in [-0.15, -0.1) is 0 Å². The second-order valence-corrected chi connectivity index (χ2v) is 2.97. The molecule has 0 saturated heterocycles. The summed E-state index contributed by atoms with van der Waals surface area (Å²) in [5, 5.41) is 8.88. The Morgan fingerprint density at radius 2 is 1.83 bits per heavy atom. The van der Waals surface area contributed by atoms with E-state index in [4.69, 9.17) is 5.11 Å². The van der Waals surface area contributed by atoms with Crippen LogP contribution < -0.4 is 0 Å². The van der Waals surface area contributed by atoms with Gasteiger partial charge in [0.25, 0.3) is 0 Å². The lowest BCUT2D eigenvalue weighted by Gasteiger charge is -1.98. The van der Waals surface area contributed by atoms with Crippen LogP contribution in [0, 0.1) is 12.7 Å². The maximum atomic E-state index is 12.6. The zero-order valence-electron chi connectivity index (χ0n) is 7.36. The summed E-state index contributed by atoms with van der Waals surface area (Å²) in [6.45, 7) is 5.60. The molecule has 3 heteroatoms. The van der Waals surface area contributed by atoms with Crippen molar-refractivity contribution >= 4 is 15.9 Å². The van der Waals surface area contributed by atoms with Gasteiger partial charge in [0.2, 0.25) is 0 Å². The van der Waals surface area contributed by atoms with Gasteiger partial charge in [0.05, 0.1) is 0 Å². The molecule has 0 spiro atoms. The highest BCUT2D eigenvalue weighted by Gasteiger charge is 2.03. The third-order valence-corrected chi connectivity index (χ3v) is 1.66. The molecule has 0 bridgehead atoms. The summed E-state index contributed by atoms with van der Waals surface area (Å²) in [4.78, 5) is 0. The lowest BCUT2D eigenvalue weighted by molar-refractivity contribution is 0.429. The number of halogens is 2. The Morgan fingerprint density at radius 1 is 1.33 bits per heavy atom. The molecule has 1 nitrogen and oxygen atoms in total. The Kier molecular flexibility index (Phi) is 4.90. The van der Waals surface area contributed by atoms with Gasteiger partial charge < -0.3 is 5.11 Å². The number of phenols is 1. The average molecular weight is 235 g/mol. The number of phenolic OH excluding ortho intramolecular Hbond substituents is 1. The van der Waals surface area contributed by atoms with E-state index in [-0.39, 0.29) is 5.75 Å². The smallest absolute Gasteiger partial charge is 0.167 e. The van der Waals surface area contributed by atoms with Gasteiger partial charge in [0.1, 0.15) is 0 Å². The van der Waals surface area contributed by atoms with E-state index in [1.807, 2.05) is 13.8 Å². The van der Waals surface area contributed by atoms with Crippen LogP contribution in [0.1, 0.15) is 19.4 Å². The zero-order valence-corrected chi connectivity index (χ0v) is 8.94. The van der Waals surface area contributed by atoms with Crippen molar-refractivity contribution in [1.82, 2.24) is 0 Å². The van der Waals surface area contributed by atoms with E-state index in [1.54, 1.807) is 13.0 Å².